The molecule has 2 rings (SSSR count). The Kier molecular flexibility index (Phi) is 22.1. The van der Waals surface area contributed by atoms with Gasteiger partial charge in [-0.3, -0.25) is 10.8 Å². The number of rotatable bonds is 14. The Balaban J connectivity index is 0. The van der Waals surface area contributed by atoms with E-state index in [1.165, 1.54) is 62.8 Å². The first-order valence-electron chi connectivity index (χ1n) is 11.9. The number of nitrogens with two attached hydrogens (primary N) is 2. The SMILES string of the molecule is CC1CCC1C.CC1CCC1SCCCC(=[NH2+])CCCCCC(=[NH2+])CCCS.[Cl-].[Cl-]. The van der Waals surface area contributed by atoms with Gasteiger partial charge in [0.1, 0.15) is 11.4 Å². The Hall–Kier alpha value is 0.620. The molecule has 0 bridgehead atoms. The van der Waals surface area contributed by atoms with E-state index < -0.39 is 0 Å². The van der Waals surface area contributed by atoms with Crippen LogP contribution in [0.15, 0.2) is 0 Å². The maximum Gasteiger partial charge on any atom is 0.149 e. The molecule has 0 saturated heterocycles. The molecule has 6 heteroatoms. The molecule has 2 nitrogen and oxygen atoms in total. The van der Waals surface area contributed by atoms with Crippen molar-refractivity contribution in [1.29, 1.82) is 0 Å². The maximum absolute atomic E-state index is 6.14. The molecule has 4 N–H and O–H groups in total. The summed E-state index contributed by atoms with van der Waals surface area (Å²) in [5.74, 6) is 5.23. The molecular formula is C24H48Cl2N2S2. The molecule has 2 aliphatic carbocycles. The van der Waals surface area contributed by atoms with Gasteiger partial charge in [0.15, 0.2) is 0 Å². The van der Waals surface area contributed by atoms with Crippen LogP contribution in [-0.2, 0) is 0 Å². The highest BCUT2D eigenvalue weighted by Crippen LogP contribution is 2.37. The van der Waals surface area contributed by atoms with Crippen molar-refractivity contribution in [3.63, 3.8) is 0 Å². The van der Waals surface area contributed by atoms with Crippen molar-refractivity contribution in [2.75, 3.05) is 11.5 Å². The second-order valence-corrected chi connectivity index (χ2v) is 11.1. The minimum atomic E-state index is 0. The zero-order valence-corrected chi connectivity index (χ0v) is 22.9. The highest BCUT2D eigenvalue weighted by atomic mass is 35.5. The predicted molar refractivity (Wildman–Crippen MR) is 131 cm³/mol. The summed E-state index contributed by atoms with van der Waals surface area (Å²) >= 11 is 6.38. The monoisotopic (exact) mass is 498 g/mol. The minimum Gasteiger partial charge on any atom is -1.00 e. The first-order valence-corrected chi connectivity index (χ1v) is 13.5. The largest absolute Gasteiger partial charge is 1.00 e. The molecular weight excluding hydrogens is 451 g/mol. The van der Waals surface area contributed by atoms with E-state index in [2.05, 4.69) is 45.2 Å². The second kappa shape index (κ2) is 20.2. The van der Waals surface area contributed by atoms with E-state index in [9.17, 15) is 0 Å². The molecule has 4 atom stereocenters. The summed E-state index contributed by atoms with van der Waals surface area (Å²) < 4.78 is 0. The van der Waals surface area contributed by atoms with Gasteiger partial charge in [0.2, 0.25) is 0 Å². The number of hydrogen-bond acceptors (Lipinski definition) is 2. The smallest absolute Gasteiger partial charge is 0.149 e. The Morgan fingerprint density at radius 3 is 1.53 bits per heavy atom. The average Bonchev–Trinajstić information content (AvgIpc) is 2.69. The fraction of sp³-hybridized carbons (Fsp3) is 0.917. The molecule has 0 spiro atoms. The van der Waals surface area contributed by atoms with Crippen molar-refractivity contribution in [2.45, 2.75) is 109 Å². The van der Waals surface area contributed by atoms with Gasteiger partial charge < -0.3 is 24.8 Å². The van der Waals surface area contributed by atoms with Crippen molar-refractivity contribution in [2.24, 2.45) is 17.8 Å². The van der Waals surface area contributed by atoms with Crippen molar-refractivity contribution >= 4 is 35.8 Å². The number of thiol groups is 1. The predicted octanol–water partition coefficient (Wildman–Crippen LogP) is -1.58. The van der Waals surface area contributed by atoms with Crippen LogP contribution in [0, 0.1) is 17.8 Å². The molecule has 0 heterocycles. The van der Waals surface area contributed by atoms with Crippen LogP contribution in [-0.4, -0.2) is 28.2 Å². The van der Waals surface area contributed by atoms with Crippen LogP contribution in [0.4, 0.5) is 0 Å². The summed E-state index contributed by atoms with van der Waals surface area (Å²) in [5.41, 5.74) is 2.35. The molecule has 2 saturated carbocycles. The summed E-state index contributed by atoms with van der Waals surface area (Å²) in [4.78, 5) is 0. The Bertz CT molecular complexity index is 441. The van der Waals surface area contributed by atoms with E-state index in [0.29, 0.717) is 0 Å². The van der Waals surface area contributed by atoms with E-state index in [4.69, 9.17) is 10.8 Å². The second-order valence-electron chi connectivity index (χ2n) is 9.30. The fourth-order valence-corrected chi connectivity index (χ4v) is 5.23. The molecule has 180 valence electrons. The molecule has 0 aromatic heterocycles. The topological polar surface area (TPSA) is 51.2 Å². The first-order chi connectivity index (χ1) is 13.4. The van der Waals surface area contributed by atoms with E-state index in [1.807, 2.05) is 0 Å². The van der Waals surface area contributed by atoms with E-state index in [0.717, 1.165) is 66.6 Å². The van der Waals surface area contributed by atoms with Gasteiger partial charge in [0.25, 0.3) is 0 Å². The van der Waals surface area contributed by atoms with Gasteiger partial charge in [0, 0.05) is 30.9 Å². The average molecular weight is 500 g/mol. The number of hydrogen-bond donors (Lipinski definition) is 3. The van der Waals surface area contributed by atoms with E-state index in [-0.39, 0.29) is 24.8 Å². The first kappa shape index (κ1) is 32.8. The number of thioether (sulfide) groups is 1. The highest BCUT2D eigenvalue weighted by Gasteiger charge is 2.26. The molecule has 0 amide bonds. The summed E-state index contributed by atoms with van der Waals surface area (Å²) in [6.45, 7) is 7.03. The van der Waals surface area contributed by atoms with Crippen LogP contribution >= 0.6 is 24.4 Å². The van der Waals surface area contributed by atoms with Crippen molar-refractivity contribution in [1.82, 2.24) is 0 Å². The van der Waals surface area contributed by atoms with Gasteiger partial charge >= 0.3 is 0 Å². The lowest BCUT2D eigenvalue weighted by atomic mass is 9.77. The van der Waals surface area contributed by atoms with Gasteiger partial charge in [0.05, 0.1) is 0 Å². The molecule has 0 radical (unpaired) electrons. The zero-order valence-electron chi connectivity index (χ0n) is 19.7. The third-order valence-electron chi connectivity index (χ3n) is 6.72. The third kappa shape index (κ3) is 15.4. The van der Waals surface area contributed by atoms with Crippen molar-refractivity contribution < 1.29 is 35.6 Å². The molecule has 4 unspecified atom stereocenters. The molecule has 2 fully saturated rings. The Morgan fingerprint density at radius 1 is 0.700 bits per heavy atom. The van der Waals surface area contributed by atoms with Crippen LogP contribution in [0.3, 0.4) is 0 Å². The Labute approximate surface area is 209 Å². The van der Waals surface area contributed by atoms with Crippen LogP contribution in [0.2, 0.25) is 0 Å². The quantitative estimate of drug-likeness (QED) is 0.151. The normalized spacial score (nSPS) is 24.1. The summed E-state index contributed by atoms with van der Waals surface area (Å²) in [5, 5.41) is 13.1. The van der Waals surface area contributed by atoms with E-state index in [1.54, 1.807) is 0 Å². The molecule has 0 aromatic rings. The Morgan fingerprint density at radius 2 is 1.17 bits per heavy atom. The number of unbranched alkanes of at least 4 members (excludes halogenated alkanes) is 2. The summed E-state index contributed by atoms with van der Waals surface area (Å²) in [7, 11) is 0. The van der Waals surface area contributed by atoms with Gasteiger partial charge in [-0.25, -0.2) is 0 Å². The summed E-state index contributed by atoms with van der Waals surface area (Å²) in [6, 6.07) is 0. The number of halogens is 2. The minimum absolute atomic E-state index is 0. The lowest BCUT2D eigenvalue weighted by Gasteiger charge is -2.33. The summed E-state index contributed by atoms with van der Waals surface area (Å²) in [6.07, 6.45) is 16.2. The zero-order chi connectivity index (χ0) is 20.8. The van der Waals surface area contributed by atoms with Crippen molar-refractivity contribution in [3.05, 3.63) is 0 Å². The van der Waals surface area contributed by atoms with Crippen LogP contribution < -0.4 is 35.6 Å². The van der Waals surface area contributed by atoms with Gasteiger partial charge in [-0.15, -0.1) is 0 Å². The lowest BCUT2D eigenvalue weighted by molar-refractivity contribution is -0.119. The molecule has 0 aromatic carbocycles. The van der Waals surface area contributed by atoms with Gasteiger partial charge in [-0.05, 0) is 67.8 Å². The standard InChI is InChI=1S/C18H34N2S2.C6H12.2ClH/c1-15-11-12-18(15)22-14-6-10-17(20)8-4-2-3-7-16(19)9-5-13-21;1-5-3-4-6(5)2;;/h15,18-21H,2-14H2,1H3;5-6H,3-4H2,1-2H3;2*1H. The fourth-order valence-electron chi connectivity index (χ4n) is 3.69. The molecule has 0 aliphatic heterocycles. The van der Waals surface area contributed by atoms with Crippen molar-refractivity contribution in [3.8, 4) is 0 Å². The van der Waals surface area contributed by atoms with Crippen LogP contribution in [0.1, 0.15) is 104 Å². The van der Waals surface area contributed by atoms with Crippen LogP contribution in [0.25, 0.3) is 0 Å². The lowest BCUT2D eigenvalue weighted by Crippen LogP contribution is -3.00. The molecule has 2 aliphatic rings. The van der Waals surface area contributed by atoms with Gasteiger partial charge in [-0.2, -0.15) is 24.4 Å². The van der Waals surface area contributed by atoms with Crippen LogP contribution in [0.5, 0.6) is 0 Å². The van der Waals surface area contributed by atoms with Gasteiger partial charge in [-0.1, -0.05) is 40.0 Å². The highest BCUT2D eigenvalue weighted by molar-refractivity contribution is 7.99. The van der Waals surface area contributed by atoms with E-state index >= 15 is 0 Å². The molecule has 30 heavy (non-hydrogen) atoms. The third-order valence-corrected chi connectivity index (χ3v) is 8.68. The maximum atomic E-state index is 6.14.